The third kappa shape index (κ3) is 17.5. The molecule has 0 bridgehead atoms. The van der Waals surface area contributed by atoms with Crippen molar-refractivity contribution in [3.63, 3.8) is 0 Å². The molecule has 0 N–H and O–H groups in total. The van der Waals surface area contributed by atoms with Crippen molar-refractivity contribution in [2.45, 2.75) is 103 Å². The van der Waals surface area contributed by atoms with E-state index in [1.165, 1.54) is 96.3 Å². The Morgan fingerprint density at radius 1 is 0.550 bits per heavy atom. The van der Waals surface area contributed by atoms with Gasteiger partial charge in [0.05, 0.1) is 0 Å². The molecule has 0 atom stereocenters. The Bertz CT molecular complexity index is 202. The molecule has 20 heavy (non-hydrogen) atoms. The van der Waals surface area contributed by atoms with Crippen molar-refractivity contribution in [2.75, 3.05) is 0 Å². The molecule has 0 aliphatic carbocycles. The summed E-state index contributed by atoms with van der Waals surface area (Å²) < 4.78 is 0. The monoisotopic (exact) mass is 278 g/mol. The molecule has 0 aromatic heterocycles. The van der Waals surface area contributed by atoms with E-state index in [-0.39, 0.29) is 0 Å². The van der Waals surface area contributed by atoms with Gasteiger partial charge in [-0.1, -0.05) is 82.9 Å². The number of allylic oxidation sites excluding steroid dienone is 3. The van der Waals surface area contributed by atoms with Crippen LogP contribution in [0.1, 0.15) is 103 Å². The second kappa shape index (κ2) is 18.5. The van der Waals surface area contributed by atoms with Crippen molar-refractivity contribution < 1.29 is 0 Å². The van der Waals surface area contributed by atoms with Crippen LogP contribution in [-0.2, 0) is 0 Å². The van der Waals surface area contributed by atoms with Crippen LogP contribution in [0.2, 0.25) is 0 Å². The smallest absolute Gasteiger partial charge is 0.0351 e. The summed E-state index contributed by atoms with van der Waals surface area (Å²) >= 11 is 0. The average molecular weight is 279 g/mol. The number of rotatable bonds is 16. The lowest BCUT2D eigenvalue weighted by Gasteiger charge is -2.00. The lowest BCUT2D eigenvalue weighted by atomic mass is 10.1. The zero-order valence-corrected chi connectivity index (χ0v) is 14.0. The zero-order valence-electron chi connectivity index (χ0n) is 14.0. The van der Waals surface area contributed by atoms with Crippen molar-refractivity contribution in [1.29, 1.82) is 0 Å². The average Bonchev–Trinajstić information content (AvgIpc) is 2.47. The highest BCUT2D eigenvalue weighted by Gasteiger charge is 1.91. The predicted molar refractivity (Wildman–Crippen MR) is 94.3 cm³/mol. The maximum Gasteiger partial charge on any atom is -0.0351 e. The van der Waals surface area contributed by atoms with E-state index in [0.29, 0.717) is 0 Å². The van der Waals surface area contributed by atoms with Crippen molar-refractivity contribution in [3.8, 4) is 0 Å². The molecule has 0 saturated carbocycles. The van der Waals surface area contributed by atoms with E-state index in [1.54, 1.807) is 0 Å². The summed E-state index contributed by atoms with van der Waals surface area (Å²) in [6, 6.07) is 0. The highest BCUT2D eigenvalue weighted by atomic mass is 14.0. The standard InChI is InChI=1S/C20H38/c1-3-5-7-9-11-13-15-17-19-20-18-16-14-12-10-8-6-4-2/h3,14,16H,1,4-13,15,17-20H2,2H3. The highest BCUT2D eigenvalue weighted by Crippen LogP contribution is 2.11. The van der Waals surface area contributed by atoms with Gasteiger partial charge in [-0.05, 0) is 38.5 Å². The maximum absolute atomic E-state index is 3.76. The normalized spacial score (nSPS) is 11.2. The van der Waals surface area contributed by atoms with Crippen LogP contribution in [0.5, 0.6) is 0 Å². The first-order valence-corrected chi connectivity index (χ1v) is 9.17. The minimum Gasteiger partial charge on any atom is -0.103 e. The van der Waals surface area contributed by atoms with Crippen molar-refractivity contribution >= 4 is 0 Å². The molecule has 0 radical (unpaired) electrons. The van der Waals surface area contributed by atoms with Crippen LogP contribution in [0.4, 0.5) is 0 Å². The van der Waals surface area contributed by atoms with Crippen LogP contribution in [0, 0.1) is 0 Å². The fourth-order valence-electron chi connectivity index (χ4n) is 2.54. The fraction of sp³-hybridized carbons (Fsp3) is 0.800. The third-order valence-electron chi connectivity index (χ3n) is 3.92. The summed E-state index contributed by atoms with van der Waals surface area (Å²) in [5.74, 6) is 0. The van der Waals surface area contributed by atoms with Gasteiger partial charge < -0.3 is 0 Å². The lowest BCUT2D eigenvalue weighted by Crippen LogP contribution is -1.81. The SMILES string of the molecule is C=CCCCCCCCCCCC=CCCCCCC. The Morgan fingerprint density at radius 3 is 1.40 bits per heavy atom. The predicted octanol–water partition coefficient (Wildman–Crippen LogP) is 7.60. The van der Waals surface area contributed by atoms with E-state index >= 15 is 0 Å². The summed E-state index contributed by atoms with van der Waals surface area (Å²) in [4.78, 5) is 0. The summed E-state index contributed by atoms with van der Waals surface area (Å²) in [7, 11) is 0. The van der Waals surface area contributed by atoms with Gasteiger partial charge >= 0.3 is 0 Å². The van der Waals surface area contributed by atoms with Crippen LogP contribution in [0.25, 0.3) is 0 Å². The van der Waals surface area contributed by atoms with Crippen LogP contribution in [0.3, 0.4) is 0 Å². The lowest BCUT2D eigenvalue weighted by molar-refractivity contribution is 0.571. The number of unbranched alkanes of at least 4 members (excludes halogenated alkanes) is 13. The highest BCUT2D eigenvalue weighted by molar-refractivity contribution is 4.81. The summed E-state index contributed by atoms with van der Waals surface area (Å²) in [5.41, 5.74) is 0. The zero-order chi connectivity index (χ0) is 14.7. The molecule has 0 aliphatic heterocycles. The molecule has 0 heteroatoms. The van der Waals surface area contributed by atoms with Crippen LogP contribution in [0.15, 0.2) is 24.8 Å². The van der Waals surface area contributed by atoms with Gasteiger partial charge in [0.15, 0.2) is 0 Å². The summed E-state index contributed by atoms with van der Waals surface area (Å²) in [5, 5.41) is 0. The molecule has 0 rings (SSSR count). The maximum atomic E-state index is 3.76. The largest absolute Gasteiger partial charge is 0.103 e. The van der Waals surface area contributed by atoms with Gasteiger partial charge in [-0.3, -0.25) is 0 Å². The minimum atomic E-state index is 1.20. The van der Waals surface area contributed by atoms with Gasteiger partial charge in [0.2, 0.25) is 0 Å². The Hall–Kier alpha value is -0.520. The van der Waals surface area contributed by atoms with Gasteiger partial charge in [0.25, 0.3) is 0 Å². The van der Waals surface area contributed by atoms with Gasteiger partial charge in [-0.25, -0.2) is 0 Å². The van der Waals surface area contributed by atoms with Gasteiger partial charge in [0.1, 0.15) is 0 Å². The molecule has 0 unspecified atom stereocenters. The van der Waals surface area contributed by atoms with Crippen LogP contribution >= 0.6 is 0 Å². The Labute approximate surface area is 128 Å². The van der Waals surface area contributed by atoms with E-state index in [4.69, 9.17) is 0 Å². The molecule has 0 amide bonds. The molecule has 0 aromatic rings. The minimum absolute atomic E-state index is 1.20. The Balaban J connectivity index is 3.01. The van der Waals surface area contributed by atoms with Crippen LogP contribution in [-0.4, -0.2) is 0 Å². The van der Waals surface area contributed by atoms with E-state index in [2.05, 4.69) is 25.7 Å². The van der Waals surface area contributed by atoms with Crippen molar-refractivity contribution in [3.05, 3.63) is 24.8 Å². The molecule has 0 spiro atoms. The molecular formula is C20H38. The molecule has 0 nitrogen and oxygen atoms in total. The first-order chi connectivity index (χ1) is 9.91. The number of hydrogen-bond acceptors (Lipinski definition) is 0. The second-order valence-electron chi connectivity index (χ2n) is 6.02. The Morgan fingerprint density at radius 2 is 0.950 bits per heavy atom. The topological polar surface area (TPSA) is 0 Å². The fourth-order valence-corrected chi connectivity index (χ4v) is 2.54. The van der Waals surface area contributed by atoms with Crippen molar-refractivity contribution in [2.24, 2.45) is 0 Å². The van der Waals surface area contributed by atoms with E-state index in [9.17, 15) is 0 Å². The third-order valence-corrected chi connectivity index (χ3v) is 3.92. The summed E-state index contributed by atoms with van der Waals surface area (Å²) in [6.45, 7) is 6.04. The molecule has 118 valence electrons. The molecule has 0 heterocycles. The molecular weight excluding hydrogens is 240 g/mol. The Kier molecular flexibility index (Phi) is 18.0. The quantitative estimate of drug-likeness (QED) is 0.201. The first-order valence-electron chi connectivity index (χ1n) is 9.17. The molecule has 0 fully saturated rings. The van der Waals surface area contributed by atoms with Gasteiger partial charge in [0, 0.05) is 0 Å². The number of hydrogen-bond donors (Lipinski definition) is 0. The summed E-state index contributed by atoms with van der Waals surface area (Å²) in [6.07, 6.45) is 27.5. The van der Waals surface area contributed by atoms with Gasteiger partial charge in [-0.2, -0.15) is 0 Å². The first kappa shape index (κ1) is 19.5. The molecule has 0 aromatic carbocycles. The molecule has 0 aliphatic rings. The van der Waals surface area contributed by atoms with Crippen molar-refractivity contribution in [1.82, 2.24) is 0 Å². The van der Waals surface area contributed by atoms with Crippen LogP contribution < -0.4 is 0 Å². The van der Waals surface area contributed by atoms with E-state index < -0.39 is 0 Å². The van der Waals surface area contributed by atoms with E-state index in [0.717, 1.165) is 0 Å². The molecule has 0 saturated heterocycles. The van der Waals surface area contributed by atoms with Gasteiger partial charge in [-0.15, -0.1) is 6.58 Å². The second-order valence-corrected chi connectivity index (χ2v) is 6.02. The van der Waals surface area contributed by atoms with E-state index in [1.807, 2.05) is 6.08 Å².